The van der Waals surface area contributed by atoms with E-state index in [0.29, 0.717) is 25.0 Å². The van der Waals surface area contributed by atoms with E-state index < -0.39 is 0 Å². The number of nitrogens with zero attached hydrogens (tertiary/aromatic N) is 5. The molecule has 8 heteroatoms. The summed E-state index contributed by atoms with van der Waals surface area (Å²) in [4.78, 5) is 24.8. The van der Waals surface area contributed by atoms with Crippen molar-refractivity contribution in [1.29, 1.82) is 0 Å². The van der Waals surface area contributed by atoms with Crippen LogP contribution in [-0.4, -0.2) is 47.7 Å². The van der Waals surface area contributed by atoms with Gasteiger partial charge in [0.1, 0.15) is 0 Å². The quantitative estimate of drug-likeness (QED) is 0.707. The van der Waals surface area contributed by atoms with E-state index in [1.807, 2.05) is 12.1 Å². The third-order valence-corrected chi connectivity index (χ3v) is 4.56. The zero-order valence-corrected chi connectivity index (χ0v) is 13.5. The third kappa shape index (κ3) is 3.34. The standard InChI is InChI=1S/C17H18N6O2/c24-13-9-12(10-13)14(8-11-2-5-18-6-3-11)20-16(25)15-21-17-19-4-1-7-23(17)22-15/h1-7,12-14,24H,8-10H2,(H,20,25). The van der Waals surface area contributed by atoms with Crippen LogP contribution in [0.1, 0.15) is 29.0 Å². The summed E-state index contributed by atoms with van der Waals surface area (Å²) in [6, 6.07) is 5.51. The minimum Gasteiger partial charge on any atom is -0.393 e. The minimum atomic E-state index is -0.328. The van der Waals surface area contributed by atoms with Crippen LogP contribution in [0.25, 0.3) is 5.78 Å². The highest BCUT2D eigenvalue weighted by Gasteiger charge is 2.35. The number of fused-ring (bicyclic) bond motifs is 1. The third-order valence-electron chi connectivity index (χ3n) is 4.56. The molecule has 2 N–H and O–H groups in total. The van der Waals surface area contributed by atoms with Gasteiger partial charge in [-0.25, -0.2) is 9.50 Å². The van der Waals surface area contributed by atoms with Crippen LogP contribution >= 0.6 is 0 Å². The van der Waals surface area contributed by atoms with E-state index in [1.54, 1.807) is 30.9 Å². The summed E-state index contributed by atoms with van der Waals surface area (Å²) in [5.74, 6) is 0.393. The Morgan fingerprint density at radius 3 is 2.84 bits per heavy atom. The number of aliphatic hydroxyl groups is 1. The molecule has 0 aromatic carbocycles. The number of hydrogen-bond donors (Lipinski definition) is 2. The lowest BCUT2D eigenvalue weighted by atomic mass is 9.75. The number of rotatable bonds is 5. The molecule has 1 fully saturated rings. The molecule has 1 aliphatic carbocycles. The number of pyridine rings is 1. The van der Waals surface area contributed by atoms with Gasteiger partial charge in [0.25, 0.3) is 11.7 Å². The van der Waals surface area contributed by atoms with Crippen LogP contribution in [0.4, 0.5) is 0 Å². The number of hydrogen-bond acceptors (Lipinski definition) is 6. The highest BCUT2D eigenvalue weighted by atomic mass is 16.3. The van der Waals surface area contributed by atoms with Gasteiger partial charge in [-0.15, -0.1) is 5.10 Å². The van der Waals surface area contributed by atoms with E-state index in [2.05, 4.69) is 25.4 Å². The maximum absolute atomic E-state index is 12.6. The van der Waals surface area contributed by atoms with Gasteiger partial charge in [0.05, 0.1) is 6.10 Å². The Labute approximate surface area is 144 Å². The predicted octanol–water partition coefficient (Wildman–Crippen LogP) is 0.631. The van der Waals surface area contributed by atoms with Crippen LogP contribution in [0.15, 0.2) is 43.0 Å². The first-order valence-electron chi connectivity index (χ1n) is 8.24. The Bertz CT molecular complexity index is 842. The van der Waals surface area contributed by atoms with E-state index in [-0.39, 0.29) is 29.8 Å². The second-order valence-corrected chi connectivity index (χ2v) is 6.32. The molecule has 0 radical (unpaired) electrons. The number of nitrogens with one attached hydrogen (secondary N) is 1. The number of aromatic nitrogens is 5. The molecule has 1 aliphatic rings. The largest absolute Gasteiger partial charge is 0.393 e. The number of carbonyl (C=O) groups excluding carboxylic acids is 1. The van der Waals surface area contributed by atoms with Crippen LogP contribution in [0.5, 0.6) is 0 Å². The van der Waals surface area contributed by atoms with Crippen molar-refractivity contribution in [3.8, 4) is 0 Å². The summed E-state index contributed by atoms with van der Waals surface area (Å²) < 4.78 is 1.47. The maximum Gasteiger partial charge on any atom is 0.291 e. The van der Waals surface area contributed by atoms with Crippen molar-refractivity contribution in [3.05, 3.63) is 54.4 Å². The Morgan fingerprint density at radius 1 is 1.32 bits per heavy atom. The van der Waals surface area contributed by atoms with Crippen LogP contribution in [0.2, 0.25) is 0 Å². The zero-order valence-electron chi connectivity index (χ0n) is 13.5. The van der Waals surface area contributed by atoms with E-state index in [9.17, 15) is 9.90 Å². The van der Waals surface area contributed by atoms with Gasteiger partial charge in [0.2, 0.25) is 5.82 Å². The molecule has 0 aliphatic heterocycles. The molecule has 1 atom stereocenters. The van der Waals surface area contributed by atoms with Gasteiger partial charge >= 0.3 is 0 Å². The normalized spacial score (nSPS) is 20.8. The molecule has 1 unspecified atom stereocenters. The Morgan fingerprint density at radius 2 is 2.12 bits per heavy atom. The van der Waals surface area contributed by atoms with Crippen molar-refractivity contribution >= 4 is 11.7 Å². The lowest BCUT2D eigenvalue weighted by Crippen LogP contribution is -2.48. The van der Waals surface area contributed by atoms with Crippen LogP contribution in [0, 0.1) is 5.92 Å². The molecule has 0 bridgehead atoms. The van der Waals surface area contributed by atoms with Gasteiger partial charge < -0.3 is 10.4 Å². The highest BCUT2D eigenvalue weighted by molar-refractivity contribution is 5.91. The summed E-state index contributed by atoms with van der Waals surface area (Å²) in [6.07, 6.45) is 8.55. The molecular weight excluding hydrogens is 320 g/mol. The summed E-state index contributed by atoms with van der Waals surface area (Å²) >= 11 is 0. The van der Waals surface area contributed by atoms with Crippen molar-refractivity contribution in [2.45, 2.75) is 31.4 Å². The molecule has 3 aromatic heterocycles. The Hall–Kier alpha value is -2.87. The zero-order chi connectivity index (χ0) is 17.2. The molecule has 3 heterocycles. The van der Waals surface area contributed by atoms with Gasteiger partial charge in [0.15, 0.2) is 0 Å². The van der Waals surface area contributed by atoms with E-state index in [0.717, 1.165) is 5.56 Å². The molecule has 8 nitrogen and oxygen atoms in total. The number of amides is 1. The Balaban J connectivity index is 1.51. The second-order valence-electron chi connectivity index (χ2n) is 6.32. The van der Waals surface area contributed by atoms with Crippen molar-refractivity contribution in [1.82, 2.24) is 29.9 Å². The van der Waals surface area contributed by atoms with E-state index in [4.69, 9.17) is 0 Å². The van der Waals surface area contributed by atoms with Crippen LogP contribution in [0.3, 0.4) is 0 Å². The van der Waals surface area contributed by atoms with Crippen molar-refractivity contribution in [2.75, 3.05) is 0 Å². The van der Waals surface area contributed by atoms with Gasteiger partial charge in [-0.2, -0.15) is 4.98 Å². The van der Waals surface area contributed by atoms with Gasteiger partial charge in [0, 0.05) is 30.8 Å². The Kier molecular flexibility index (Phi) is 4.10. The lowest BCUT2D eigenvalue weighted by Gasteiger charge is -2.38. The molecule has 4 rings (SSSR count). The highest BCUT2D eigenvalue weighted by Crippen LogP contribution is 2.31. The van der Waals surface area contributed by atoms with Crippen LogP contribution < -0.4 is 5.32 Å². The first kappa shape index (κ1) is 15.6. The van der Waals surface area contributed by atoms with Crippen LogP contribution in [-0.2, 0) is 6.42 Å². The second kappa shape index (κ2) is 6.56. The maximum atomic E-state index is 12.6. The van der Waals surface area contributed by atoms with Crippen molar-refractivity contribution in [3.63, 3.8) is 0 Å². The van der Waals surface area contributed by atoms with Crippen molar-refractivity contribution in [2.24, 2.45) is 5.92 Å². The lowest BCUT2D eigenvalue weighted by molar-refractivity contribution is 0.0238. The number of aliphatic hydroxyl groups excluding tert-OH is 1. The van der Waals surface area contributed by atoms with E-state index in [1.165, 1.54) is 4.52 Å². The first-order valence-corrected chi connectivity index (χ1v) is 8.24. The average Bonchev–Trinajstić information content (AvgIpc) is 3.04. The van der Waals surface area contributed by atoms with Gasteiger partial charge in [-0.1, -0.05) is 0 Å². The summed E-state index contributed by atoms with van der Waals surface area (Å²) in [5, 5.41) is 16.8. The minimum absolute atomic E-state index is 0.0853. The fraction of sp³-hybridized carbons (Fsp3) is 0.353. The summed E-state index contributed by atoms with van der Waals surface area (Å²) in [7, 11) is 0. The molecule has 1 saturated carbocycles. The topological polar surface area (TPSA) is 105 Å². The fourth-order valence-electron chi connectivity index (χ4n) is 3.13. The monoisotopic (exact) mass is 338 g/mol. The van der Waals surface area contributed by atoms with Crippen molar-refractivity contribution < 1.29 is 9.90 Å². The van der Waals surface area contributed by atoms with Gasteiger partial charge in [-0.05, 0) is 48.9 Å². The summed E-state index contributed by atoms with van der Waals surface area (Å²) in [5.41, 5.74) is 1.09. The molecule has 128 valence electrons. The van der Waals surface area contributed by atoms with Gasteiger partial charge in [-0.3, -0.25) is 9.78 Å². The molecule has 1 amide bonds. The molecular formula is C17H18N6O2. The van der Waals surface area contributed by atoms with E-state index >= 15 is 0 Å². The average molecular weight is 338 g/mol. The smallest absolute Gasteiger partial charge is 0.291 e. The predicted molar refractivity (Wildman–Crippen MR) is 88.7 cm³/mol. The summed E-state index contributed by atoms with van der Waals surface area (Å²) in [6.45, 7) is 0. The molecule has 0 saturated heterocycles. The SMILES string of the molecule is O=C(NC(Cc1ccncc1)C1CC(O)C1)c1nc2ncccn2n1. The molecule has 25 heavy (non-hydrogen) atoms. The molecule has 3 aromatic rings. The number of carbonyl (C=O) groups is 1. The first-order chi connectivity index (χ1) is 12.2. The molecule has 0 spiro atoms. The fourth-order valence-corrected chi connectivity index (χ4v) is 3.13.